The molecule has 0 saturated heterocycles. The minimum absolute atomic E-state index is 0. The Balaban J connectivity index is 0.00000261. The summed E-state index contributed by atoms with van der Waals surface area (Å²) in [6.07, 6.45) is 8.42. The second-order valence-electron chi connectivity index (χ2n) is 5.88. The number of hydrogen-bond acceptors (Lipinski definition) is 2. The number of methoxy groups -OCH3 is 2. The lowest BCUT2D eigenvalue weighted by atomic mass is 10.1. The van der Waals surface area contributed by atoms with Crippen molar-refractivity contribution in [2.75, 3.05) is 14.2 Å². The first kappa shape index (κ1) is 20.1. The van der Waals surface area contributed by atoms with E-state index in [1.807, 2.05) is 48.5 Å². The molecular formula is C25H26O2. The van der Waals surface area contributed by atoms with Crippen LogP contribution in [0.5, 0.6) is 11.5 Å². The van der Waals surface area contributed by atoms with Crippen molar-refractivity contribution < 1.29 is 9.47 Å². The standard InChI is InChI=1S/C24H22O2.CH4/c1-25-23-15-11-21(12-16-23)9-7-19-3-5-20(6-4-19)8-10-22-13-17-24(26-2)18-14-22;/h3-18H,1-2H3;1H4/b9-7+,10-8+;. The van der Waals surface area contributed by atoms with Crippen molar-refractivity contribution in [3.63, 3.8) is 0 Å². The van der Waals surface area contributed by atoms with Gasteiger partial charge in [0.2, 0.25) is 0 Å². The van der Waals surface area contributed by atoms with E-state index in [-0.39, 0.29) is 7.43 Å². The van der Waals surface area contributed by atoms with Crippen LogP contribution in [-0.4, -0.2) is 14.2 Å². The van der Waals surface area contributed by atoms with E-state index >= 15 is 0 Å². The van der Waals surface area contributed by atoms with Crippen LogP contribution in [0, 0.1) is 0 Å². The van der Waals surface area contributed by atoms with E-state index < -0.39 is 0 Å². The molecule has 0 spiro atoms. The van der Waals surface area contributed by atoms with Crippen molar-refractivity contribution >= 4 is 24.3 Å². The van der Waals surface area contributed by atoms with Gasteiger partial charge in [-0.2, -0.15) is 0 Å². The van der Waals surface area contributed by atoms with E-state index in [1.165, 1.54) is 11.1 Å². The third-order valence-corrected chi connectivity index (χ3v) is 4.10. The fraction of sp³-hybridized carbons (Fsp3) is 0.120. The van der Waals surface area contributed by atoms with E-state index in [2.05, 4.69) is 48.6 Å². The molecule has 0 aliphatic rings. The van der Waals surface area contributed by atoms with Crippen LogP contribution < -0.4 is 9.47 Å². The molecule has 0 aliphatic heterocycles. The van der Waals surface area contributed by atoms with Gasteiger partial charge < -0.3 is 9.47 Å². The molecule has 0 atom stereocenters. The lowest BCUT2D eigenvalue weighted by Gasteiger charge is -2.00. The van der Waals surface area contributed by atoms with Crippen molar-refractivity contribution in [3.8, 4) is 11.5 Å². The van der Waals surface area contributed by atoms with Gasteiger partial charge in [0, 0.05) is 0 Å². The zero-order chi connectivity index (χ0) is 18.2. The molecule has 0 amide bonds. The minimum Gasteiger partial charge on any atom is -0.497 e. The molecular weight excluding hydrogens is 332 g/mol. The first-order valence-electron chi connectivity index (χ1n) is 8.51. The molecule has 2 heteroatoms. The summed E-state index contributed by atoms with van der Waals surface area (Å²) in [5.41, 5.74) is 4.63. The maximum absolute atomic E-state index is 5.17. The first-order chi connectivity index (χ1) is 12.8. The molecule has 0 N–H and O–H groups in total. The highest BCUT2D eigenvalue weighted by Gasteiger charge is 1.93. The topological polar surface area (TPSA) is 18.5 Å². The normalized spacial score (nSPS) is 10.7. The summed E-state index contributed by atoms with van der Waals surface area (Å²) in [6, 6.07) is 24.5. The molecule has 0 unspecified atom stereocenters. The van der Waals surface area contributed by atoms with Gasteiger partial charge in [0.25, 0.3) is 0 Å². The average molecular weight is 358 g/mol. The molecule has 3 rings (SSSR count). The SMILES string of the molecule is C.COc1ccc(/C=C/c2ccc(/C=C/c3ccc(OC)cc3)cc2)cc1. The van der Waals surface area contributed by atoms with Crippen LogP contribution in [0.25, 0.3) is 24.3 Å². The zero-order valence-electron chi connectivity index (χ0n) is 15.1. The summed E-state index contributed by atoms with van der Waals surface area (Å²) in [7, 11) is 3.35. The molecule has 2 nitrogen and oxygen atoms in total. The minimum atomic E-state index is 0. The molecule has 138 valence electrons. The van der Waals surface area contributed by atoms with Gasteiger partial charge in [-0.3, -0.25) is 0 Å². The summed E-state index contributed by atoms with van der Waals surface area (Å²) in [5, 5.41) is 0. The highest BCUT2D eigenvalue weighted by atomic mass is 16.5. The van der Waals surface area contributed by atoms with Crippen LogP contribution in [-0.2, 0) is 0 Å². The Morgan fingerprint density at radius 2 is 0.667 bits per heavy atom. The number of benzene rings is 3. The first-order valence-corrected chi connectivity index (χ1v) is 8.51. The van der Waals surface area contributed by atoms with E-state index in [4.69, 9.17) is 9.47 Å². The van der Waals surface area contributed by atoms with Crippen LogP contribution in [0.15, 0.2) is 72.8 Å². The molecule has 0 aliphatic carbocycles. The Labute approximate surface area is 162 Å². The van der Waals surface area contributed by atoms with Crippen LogP contribution in [0.4, 0.5) is 0 Å². The number of hydrogen-bond donors (Lipinski definition) is 0. The van der Waals surface area contributed by atoms with Gasteiger partial charge in [0.1, 0.15) is 11.5 Å². The fourth-order valence-corrected chi connectivity index (χ4v) is 2.53. The lowest BCUT2D eigenvalue weighted by Crippen LogP contribution is -1.81. The molecule has 27 heavy (non-hydrogen) atoms. The molecule has 0 aromatic heterocycles. The Hall–Kier alpha value is -3.26. The fourth-order valence-electron chi connectivity index (χ4n) is 2.53. The van der Waals surface area contributed by atoms with Crippen LogP contribution >= 0.6 is 0 Å². The Bertz CT molecular complexity index is 795. The molecule has 0 saturated carbocycles. The summed E-state index contributed by atoms with van der Waals surface area (Å²) < 4.78 is 10.3. The molecule has 0 bridgehead atoms. The smallest absolute Gasteiger partial charge is 0.118 e. The Kier molecular flexibility index (Phi) is 7.45. The van der Waals surface area contributed by atoms with Crippen molar-refractivity contribution in [1.29, 1.82) is 0 Å². The molecule has 0 radical (unpaired) electrons. The Morgan fingerprint density at radius 3 is 0.889 bits per heavy atom. The lowest BCUT2D eigenvalue weighted by molar-refractivity contribution is 0.414. The highest BCUT2D eigenvalue weighted by molar-refractivity contribution is 5.73. The molecule has 3 aromatic rings. The average Bonchev–Trinajstić information content (AvgIpc) is 2.72. The summed E-state index contributed by atoms with van der Waals surface area (Å²) in [4.78, 5) is 0. The largest absolute Gasteiger partial charge is 0.497 e. The van der Waals surface area contributed by atoms with Gasteiger partial charge in [0.15, 0.2) is 0 Å². The third kappa shape index (κ3) is 5.89. The van der Waals surface area contributed by atoms with E-state index in [0.717, 1.165) is 22.6 Å². The van der Waals surface area contributed by atoms with Crippen molar-refractivity contribution in [1.82, 2.24) is 0 Å². The third-order valence-electron chi connectivity index (χ3n) is 4.10. The second-order valence-corrected chi connectivity index (χ2v) is 5.88. The van der Waals surface area contributed by atoms with E-state index in [0.29, 0.717) is 0 Å². The predicted octanol–water partition coefficient (Wildman–Crippen LogP) is 6.68. The van der Waals surface area contributed by atoms with Gasteiger partial charge in [0.05, 0.1) is 14.2 Å². The Morgan fingerprint density at radius 1 is 0.444 bits per heavy atom. The summed E-state index contributed by atoms with van der Waals surface area (Å²) in [6.45, 7) is 0. The van der Waals surface area contributed by atoms with Crippen molar-refractivity contribution in [2.24, 2.45) is 0 Å². The van der Waals surface area contributed by atoms with E-state index in [1.54, 1.807) is 14.2 Å². The van der Waals surface area contributed by atoms with Crippen LogP contribution in [0.1, 0.15) is 29.7 Å². The predicted molar refractivity (Wildman–Crippen MR) is 117 cm³/mol. The molecule has 0 heterocycles. The van der Waals surface area contributed by atoms with E-state index in [9.17, 15) is 0 Å². The molecule has 0 fully saturated rings. The van der Waals surface area contributed by atoms with Gasteiger partial charge in [-0.1, -0.05) is 80.3 Å². The summed E-state index contributed by atoms with van der Waals surface area (Å²) >= 11 is 0. The summed E-state index contributed by atoms with van der Waals surface area (Å²) in [5.74, 6) is 1.74. The zero-order valence-corrected chi connectivity index (χ0v) is 15.1. The maximum atomic E-state index is 5.17. The number of ether oxygens (including phenoxy) is 2. The van der Waals surface area contributed by atoms with Crippen LogP contribution in [0.3, 0.4) is 0 Å². The van der Waals surface area contributed by atoms with Gasteiger partial charge in [-0.15, -0.1) is 0 Å². The van der Waals surface area contributed by atoms with Gasteiger partial charge >= 0.3 is 0 Å². The highest BCUT2D eigenvalue weighted by Crippen LogP contribution is 2.16. The van der Waals surface area contributed by atoms with Gasteiger partial charge in [-0.05, 0) is 46.5 Å². The second kappa shape index (κ2) is 10.0. The van der Waals surface area contributed by atoms with Crippen molar-refractivity contribution in [2.45, 2.75) is 7.43 Å². The molecule has 3 aromatic carbocycles. The van der Waals surface area contributed by atoms with Gasteiger partial charge in [-0.25, -0.2) is 0 Å². The quantitative estimate of drug-likeness (QED) is 0.458. The van der Waals surface area contributed by atoms with Crippen LogP contribution in [0.2, 0.25) is 0 Å². The monoisotopic (exact) mass is 358 g/mol. The number of rotatable bonds is 6. The van der Waals surface area contributed by atoms with Crippen molar-refractivity contribution in [3.05, 3.63) is 95.1 Å². The maximum Gasteiger partial charge on any atom is 0.118 e.